The molecule has 2 N–H and O–H groups in total. The highest BCUT2D eigenvalue weighted by Crippen LogP contribution is 2.36. The topological polar surface area (TPSA) is 51.8 Å². The first kappa shape index (κ1) is 9.19. The van der Waals surface area contributed by atoms with Gasteiger partial charge < -0.3 is 5.73 Å². The summed E-state index contributed by atoms with van der Waals surface area (Å²) in [6.45, 7) is 4.17. The lowest BCUT2D eigenvalue weighted by Gasteiger charge is -2.09. The van der Waals surface area contributed by atoms with Crippen molar-refractivity contribution in [3.05, 3.63) is 23.2 Å². The summed E-state index contributed by atoms with van der Waals surface area (Å²) in [5, 5.41) is 0. The van der Waals surface area contributed by atoms with Crippen LogP contribution < -0.4 is 5.73 Å². The Kier molecular flexibility index (Phi) is 2.23. The van der Waals surface area contributed by atoms with Crippen LogP contribution in [0.4, 0.5) is 5.82 Å². The molecule has 0 unspecified atom stereocenters. The number of aromatic nitrogens is 2. The number of aryl methyl sites for hydroxylation is 1. The van der Waals surface area contributed by atoms with Crippen molar-refractivity contribution in [2.45, 2.75) is 33.1 Å². The summed E-state index contributed by atoms with van der Waals surface area (Å²) in [5.74, 6) is 0.619. The third-order valence-corrected chi connectivity index (χ3v) is 2.86. The van der Waals surface area contributed by atoms with Crippen molar-refractivity contribution in [2.24, 2.45) is 0 Å². The first-order valence-electron chi connectivity index (χ1n) is 4.96. The molecule has 0 spiro atoms. The van der Waals surface area contributed by atoms with E-state index in [0.717, 1.165) is 17.7 Å². The van der Waals surface area contributed by atoms with Gasteiger partial charge in [0.25, 0.3) is 0 Å². The summed E-state index contributed by atoms with van der Waals surface area (Å²) in [6, 6.07) is 0. The van der Waals surface area contributed by atoms with Gasteiger partial charge in [0, 0.05) is 5.56 Å². The van der Waals surface area contributed by atoms with Crippen molar-refractivity contribution in [1.82, 2.24) is 9.97 Å². The van der Waals surface area contributed by atoms with Gasteiger partial charge in [0.1, 0.15) is 12.1 Å². The lowest BCUT2D eigenvalue weighted by atomic mass is 10.0. The second-order valence-corrected chi connectivity index (χ2v) is 3.83. The van der Waals surface area contributed by atoms with E-state index < -0.39 is 0 Å². The zero-order valence-electron chi connectivity index (χ0n) is 8.67. The average Bonchev–Trinajstić information content (AvgIpc) is 2.52. The molecule has 74 valence electrons. The van der Waals surface area contributed by atoms with Gasteiger partial charge in [-0.2, -0.15) is 0 Å². The Bertz CT molecular complexity index is 373. The van der Waals surface area contributed by atoms with Crippen LogP contribution in [0.2, 0.25) is 0 Å². The van der Waals surface area contributed by atoms with Gasteiger partial charge in [0.15, 0.2) is 0 Å². The van der Waals surface area contributed by atoms with Gasteiger partial charge >= 0.3 is 0 Å². The molecule has 0 radical (unpaired) electrons. The molecule has 0 saturated carbocycles. The first-order chi connectivity index (χ1) is 6.70. The fraction of sp³-hybridized carbons (Fsp3) is 0.455. The Morgan fingerprint density at radius 1 is 1.21 bits per heavy atom. The van der Waals surface area contributed by atoms with Crippen molar-refractivity contribution >= 4 is 11.4 Å². The lowest BCUT2D eigenvalue weighted by molar-refractivity contribution is 0.909. The number of allylic oxidation sites excluding steroid dienone is 2. The minimum atomic E-state index is 0.619. The number of nitrogen functional groups attached to an aromatic ring is 1. The molecule has 0 aromatic carbocycles. The van der Waals surface area contributed by atoms with Crippen molar-refractivity contribution in [1.29, 1.82) is 0 Å². The molecular weight excluding hydrogens is 174 g/mol. The molecule has 0 atom stereocenters. The van der Waals surface area contributed by atoms with Crippen LogP contribution in [0.15, 0.2) is 11.9 Å². The van der Waals surface area contributed by atoms with Gasteiger partial charge in [-0.25, -0.2) is 9.97 Å². The van der Waals surface area contributed by atoms with Gasteiger partial charge in [-0.3, -0.25) is 0 Å². The second-order valence-electron chi connectivity index (χ2n) is 3.83. The molecule has 1 aliphatic rings. The van der Waals surface area contributed by atoms with E-state index in [-0.39, 0.29) is 0 Å². The molecular formula is C11H15N3. The Hall–Kier alpha value is -1.38. The molecule has 0 aliphatic heterocycles. The molecule has 1 aromatic rings. The van der Waals surface area contributed by atoms with Crippen molar-refractivity contribution in [3.63, 3.8) is 0 Å². The van der Waals surface area contributed by atoms with Gasteiger partial charge in [-0.05, 0) is 38.7 Å². The lowest BCUT2D eigenvalue weighted by Crippen LogP contribution is -2.01. The van der Waals surface area contributed by atoms with E-state index in [1.165, 1.54) is 30.3 Å². The molecule has 2 rings (SSSR count). The van der Waals surface area contributed by atoms with E-state index in [1.807, 2.05) is 6.92 Å². The zero-order valence-corrected chi connectivity index (χ0v) is 8.67. The standard InChI is InChI=1S/C11H15N3/c1-7-4-3-5-9(7)10-8(2)13-6-14-11(10)12/h6H,3-5H2,1-2H3,(H2,12,13,14). The monoisotopic (exact) mass is 189 g/mol. The zero-order chi connectivity index (χ0) is 10.1. The molecule has 0 amide bonds. The van der Waals surface area contributed by atoms with Crippen LogP contribution in [-0.2, 0) is 0 Å². The Morgan fingerprint density at radius 2 is 2.00 bits per heavy atom. The Balaban J connectivity index is 2.56. The van der Waals surface area contributed by atoms with Crippen molar-refractivity contribution in [3.8, 4) is 0 Å². The number of hydrogen-bond acceptors (Lipinski definition) is 3. The predicted molar refractivity (Wildman–Crippen MR) is 57.6 cm³/mol. The smallest absolute Gasteiger partial charge is 0.134 e. The summed E-state index contributed by atoms with van der Waals surface area (Å²) in [6.07, 6.45) is 5.06. The minimum Gasteiger partial charge on any atom is -0.383 e. The highest BCUT2D eigenvalue weighted by molar-refractivity contribution is 5.77. The summed E-state index contributed by atoms with van der Waals surface area (Å²) in [5.41, 5.74) is 10.7. The first-order valence-corrected chi connectivity index (χ1v) is 4.96. The fourth-order valence-corrected chi connectivity index (χ4v) is 2.10. The molecule has 0 bridgehead atoms. The van der Waals surface area contributed by atoms with E-state index in [9.17, 15) is 0 Å². The van der Waals surface area contributed by atoms with Gasteiger partial charge in [0.2, 0.25) is 0 Å². The molecule has 1 aliphatic carbocycles. The van der Waals surface area contributed by atoms with Crippen LogP contribution in [0, 0.1) is 6.92 Å². The summed E-state index contributed by atoms with van der Waals surface area (Å²) in [7, 11) is 0. The van der Waals surface area contributed by atoms with Crippen LogP contribution >= 0.6 is 0 Å². The van der Waals surface area contributed by atoms with Crippen LogP contribution in [0.3, 0.4) is 0 Å². The minimum absolute atomic E-state index is 0.619. The number of hydrogen-bond donors (Lipinski definition) is 1. The van der Waals surface area contributed by atoms with E-state index in [0.29, 0.717) is 5.82 Å². The highest BCUT2D eigenvalue weighted by Gasteiger charge is 2.17. The SMILES string of the molecule is CC1=C(c2c(C)ncnc2N)CCC1. The van der Waals surface area contributed by atoms with E-state index in [2.05, 4.69) is 16.9 Å². The number of rotatable bonds is 1. The largest absolute Gasteiger partial charge is 0.383 e. The van der Waals surface area contributed by atoms with Crippen LogP contribution in [-0.4, -0.2) is 9.97 Å². The van der Waals surface area contributed by atoms with E-state index in [1.54, 1.807) is 0 Å². The highest BCUT2D eigenvalue weighted by atomic mass is 14.9. The van der Waals surface area contributed by atoms with Gasteiger partial charge in [-0.1, -0.05) is 5.57 Å². The third kappa shape index (κ3) is 1.39. The van der Waals surface area contributed by atoms with Crippen molar-refractivity contribution < 1.29 is 0 Å². The van der Waals surface area contributed by atoms with Crippen LogP contribution in [0.1, 0.15) is 37.4 Å². The quantitative estimate of drug-likeness (QED) is 0.737. The van der Waals surface area contributed by atoms with Gasteiger partial charge in [-0.15, -0.1) is 0 Å². The summed E-state index contributed by atoms with van der Waals surface area (Å²) in [4.78, 5) is 8.25. The van der Waals surface area contributed by atoms with Crippen LogP contribution in [0.5, 0.6) is 0 Å². The molecule has 1 heterocycles. The van der Waals surface area contributed by atoms with E-state index >= 15 is 0 Å². The summed E-state index contributed by atoms with van der Waals surface area (Å²) < 4.78 is 0. The molecule has 1 aromatic heterocycles. The molecule has 14 heavy (non-hydrogen) atoms. The van der Waals surface area contributed by atoms with Gasteiger partial charge in [0.05, 0.1) is 5.69 Å². The third-order valence-electron chi connectivity index (χ3n) is 2.86. The van der Waals surface area contributed by atoms with Crippen molar-refractivity contribution in [2.75, 3.05) is 5.73 Å². The molecule has 3 heteroatoms. The normalized spacial score (nSPS) is 16.4. The molecule has 0 fully saturated rings. The Labute approximate surface area is 84.1 Å². The average molecular weight is 189 g/mol. The number of nitrogens with zero attached hydrogens (tertiary/aromatic N) is 2. The van der Waals surface area contributed by atoms with E-state index in [4.69, 9.17) is 5.73 Å². The second kappa shape index (κ2) is 3.40. The molecule has 3 nitrogen and oxygen atoms in total. The Morgan fingerprint density at radius 3 is 2.57 bits per heavy atom. The number of nitrogens with two attached hydrogens (primary N) is 1. The maximum Gasteiger partial charge on any atom is 0.134 e. The maximum absolute atomic E-state index is 5.88. The predicted octanol–water partition coefficient (Wildman–Crippen LogP) is 2.32. The maximum atomic E-state index is 5.88. The van der Waals surface area contributed by atoms with Crippen LogP contribution in [0.25, 0.3) is 5.57 Å². The molecule has 0 saturated heterocycles. The fourth-order valence-electron chi connectivity index (χ4n) is 2.10. The summed E-state index contributed by atoms with van der Waals surface area (Å²) >= 11 is 0. The number of anilines is 1.